The van der Waals surface area contributed by atoms with Gasteiger partial charge in [-0.15, -0.1) is 0 Å². The molecular formula is C9H14N2O2. The molecule has 0 aliphatic heterocycles. The van der Waals surface area contributed by atoms with Gasteiger partial charge >= 0.3 is 0 Å². The second-order valence-electron chi connectivity index (χ2n) is 2.08. The molecule has 0 aliphatic carbocycles. The molecular weight excluding hydrogens is 168 g/mol. The van der Waals surface area contributed by atoms with Gasteiger partial charge in [0.2, 0.25) is 0 Å². The second-order valence-corrected chi connectivity index (χ2v) is 2.08. The van der Waals surface area contributed by atoms with Gasteiger partial charge in [0.1, 0.15) is 0 Å². The minimum atomic E-state index is 0.431. The molecule has 0 spiro atoms. The molecule has 1 aromatic heterocycles. The summed E-state index contributed by atoms with van der Waals surface area (Å²) in [5, 5.41) is 0. The molecule has 2 N–H and O–H groups in total. The summed E-state index contributed by atoms with van der Waals surface area (Å²) >= 11 is 0. The fourth-order valence-electron chi connectivity index (χ4n) is 0.587. The van der Waals surface area contributed by atoms with Gasteiger partial charge in [-0.3, -0.25) is 9.78 Å². The van der Waals surface area contributed by atoms with Crippen LogP contribution >= 0.6 is 0 Å². The van der Waals surface area contributed by atoms with Crippen molar-refractivity contribution in [1.29, 1.82) is 0 Å². The number of hydrogen-bond acceptors (Lipinski definition) is 4. The number of rotatable bonds is 3. The maximum atomic E-state index is 9.18. The van der Waals surface area contributed by atoms with Gasteiger partial charge < -0.3 is 10.5 Å². The SMILES string of the molecule is CCOC=O.NCc1ccccn1. The molecule has 13 heavy (non-hydrogen) atoms. The molecule has 0 aromatic carbocycles. The standard InChI is InChI=1S/C6H8N2.C3H6O2/c7-5-6-3-1-2-4-8-6;1-2-5-3-4/h1-4H,5,7H2;3H,2H2,1H3. The summed E-state index contributed by atoms with van der Waals surface area (Å²) in [5.41, 5.74) is 6.22. The molecule has 1 aromatic rings. The van der Waals surface area contributed by atoms with Crippen LogP contribution in [-0.2, 0) is 16.1 Å². The second kappa shape index (κ2) is 8.67. The van der Waals surface area contributed by atoms with Crippen LogP contribution in [0.5, 0.6) is 0 Å². The van der Waals surface area contributed by atoms with Crippen LogP contribution in [0.2, 0.25) is 0 Å². The van der Waals surface area contributed by atoms with Crippen LogP contribution in [-0.4, -0.2) is 18.1 Å². The zero-order valence-corrected chi connectivity index (χ0v) is 7.64. The number of ether oxygens (including phenoxy) is 1. The molecule has 0 saturated carbocycles. The molecule has 0 amide bonds. The number of nitrogens with zero attached hydrogens (tertiary/aromatic N) is 1. The number of hydrogen-bond donors (Lipinski definition) is 1. The monoisotopic (exact) mass is 182 g/mol. The molecule has 0 aliphatic rings. The van der Waals surface area contributed by atoms with Gasteiger partial charge in [0.05, 0.1) is 12.3 Å². The highest BCUT2D eigenvalue weighted by atomic mass is 16.5. The molecule has 1 rings (SSSR count). The fraction of sp³-hybridized carbons (Fsp3) is 0.333. The highest BCUT2D eigenvalue weighted by Crippen LogP contribution is 1.88. The van der Waals surface area contributed by atoms with Crippen LogP contribution in [0.4, 0.5) is 0 Å². The third kappa shape index (κ3) is 6.96. The van der Waals surface area contributed by atoms with E-state index in [0.29, 0.717) is 19.6 Å². The van der Waals surface area contributed by atoms with E-state index < -0.39 is 0 Å². The Labute approximate surface area is 77.7 Å². The van der Waals surface area contributed by atoms with Crippen LogP contribution in [0.15, 0.2) is 24.4 Å². The van der Waals surface area contributed by atoms with E-state index in [1.54, 1.807) is 13.1 Å². The van der Waals surface area contributed by atoms with E-state index in [-0.39, 0.29) is 0 Å². The molecule has 0 unspecified atom stereocenters. The van der Waals surface area contributed by atoms with Crippen LogP contribution < -0.4 is 5.73 Å². The van der Waals surface area contributed by atoms with Crippen LogP contribution in [0.3, 0.4) is 0 Å². The Hall–Kier alpha value is -1.42. The van der Waals surface area contributed by atoms with Gasteiger partial charge in [0.25, 0.3) is 6.47 Å². The summed E-state index contributed by atoms with van der Waals surface area (Å²) in [6.07, 6.45) is 1.74. The van der Waals surface area contributed by atoms with Crippen molar-refractivity contribution in [3.63, 3.8) is 0 Å². The first-order valence-electron chi connectivity index (χ1n) is 4.00. The van der Waals surface area contributed by atoms with E-state index in [1.165, 1.54) is 0 Å². The smallest absolute Gasteiger partial charge is 0.293 e. The van der Waals surface area contributed by atoms with Crippen molar-refractivity contribution < 1.29 is 9.53 Å². The molecule has 0 bridgehead atoms. The summed E-state index contributed by atoms with van der Waals surface area (Å²) in [6, 6.07) is 5.70. The van der Waals surface area contributed by atoms with Crippen molar-refractivity contribution in [3.8, 4) is 0 Å². The van der Waals surface area contributed by atoms with E-state index in [2.05, 4.69) is 9.72 Å². The highest BCUT2D eigenvalue weighted by Gasteiger charge is 1.81. The Balaban J connectivity index is 0.000000252. The Morgan fingerprint density at radius 3 is 2.62 bits per heavy atom. The predicted molar refractivity (Wildman–Crippen MR) is 49.8 cm³/mol. The molecule has 72 valence electrons. The zero-order chi connectivity index (χ0) is 9.94. The lowest BCUT2D eigenvalue weighted by atomic mass is 10.4. The van der Waals surface area contributed by atoms with Crippen LogP contribution in [0, 0.1) is 0 Å². The van der Waals surface area contributed by atoms with Crippen molar-refractivity contribution in [1.82, 2.24) is 4.98 Å². The first-order chi connectivity index (χ1) is 6.35. The van der Waals surface area contributed by atoms with E-state index in [9.17, 15) is 4.79 Å². The van der Waals surface area contributed by atoms with Crippen molar-refractivity contribution in [2.75, 3.05) is 6.61 Å². The van der Waals surface area contributed by atoms with E-state index >= 15 is 0 Å². The summed E-state index contributed by atoms with van der Waals surface area (Å²) in [5.74, 6) is 0. The van der Waals surface area contributed by atoms with Gasteiger partial charge in [-0.05, 0) is 19.1 Å². The first kappa shape index (κ1) is 11.6. The van der Waals surface area contributed by atoms with E-state index in [4.69, 9.17) is 5.73 Å². The number of carbonyl (C=O) groups is 1. The molecule has 4 nitrogen and oxygen atoms in total. The molecule has 1 heterocycles. The van der Waals surface area contributed by atoms with Crippen LogP contribution in [0.25, 0.3) is 0 Å². The maximum absolute atomic E-state index is 9.18. The summed E-state index contributed by atoms with van der Waals surface area (Å²) < 4.78 is 4.15. The Bertz CT molecular complexity index is 214. The molecule has 0 atom stereocenters. The van der Waals surface area contributed by atoms with Crippen LogP contribution in [0.1, 0.15) is 12.6 Å². The lowest BCUT2D eigenvalue weighted by molar-refractivity contribution is -0.128. The number of pyridine rings is 1. The van der Waals surface area contributed by atoms with E-state index in [1.807, 2.05) is 18.2 Å². The normalized spacial score (nSPS) is 8.15. The van der Waals surface area contributed by atoms with Gasteiger partial charge in [-0.2, -0.15) is 0 Å². The minimum Gasteiger partial charge on any atom is -0.468 e. The van der Waals surface area contributed by atoms with Crippen molar-refractivity contribution in [2.45, 2.75) is 13.5 Å². The summed E-state index contributed by atoms with van der Waals surface area (Å²) in [7, 11) is 0. The van der Waals surface area contributed by atoms with Gasteiger partial charge in [0, 0.05) is 12.7 Å². The topological polar surface area (TPSA) is 65.2 Å². The third-order valence-corrected chi connectivity index (χ3v) is 1.17. The fourth-order valence-corrected chi connectivity index (χ4v) is 0.587. The van der Waals surface area contributed by atoms with Gasteiger partial charge in [-0.1, -0.05) is 6.07 Å². The molecule has 0 fully saturated rings. The Morgan fingerprint density at radius 1 is 1.62 bits per heavy atom. The van der Waals surface area contributed by atoms with Crippen molar-refractivity contribution >= 4 is 6.47 Å². The maximum Gasteiger partial charge on any atom is 0.293 e. The zero-order valence-electron chi connectivity index (χ0n) is 7.64. The minimum absolute atomic E-state index is 0.431. The van der Waals surface area contributed by atoms with E-state index in [0.717, 1.165) is 5.69 Å². The summed E-state index contributed by atoms with van der Waals surface area (Å²) in [4.78, 5) is 13.2. The Kier molecular flexibility index (Phi) is 7.73. The third-order valence-electron chi connectivity index (χ3n) is 1.17. The molecule has 0 radical (unpaired) electrons. The number of aromatic nitrogens is 1. The molecule has 4 heteroatoms. The van der Waals surface area contributed by atoms with Gasteiger partial charge in [-0.25, -0.2) is 0 Å². The first-order valence-corrected chi connectivity index (χ1v) is 4.00. The molecule has 0 saturated heterocycles. The highest BCUT2D eigenvalue weighted by molar-refractivity contribution is 5.36. The van der Waals surface area contributed by atoms with Crippen molar-refractivity contribution in [3.05, 3.63) is 30.1 Å². The van der Waals surface area contributed by atoms with Gasteiger partial charge in [0.15, 0.2) is 0 Å². The largest absolute Gasteiger partial charge is 0.468 e. The average molecular weight is 182 g/mol. The Morgan fingerprint density at radius 2 is 2.38 bits per heavy atom. The lowest BCUT2D eigenvalue weighted by Crippen LogP contribution is -1.97. The quantitative estimate of drug-likeness (QED) is 0.699. The number of nitrogens with two attached hydrogens (primary N) is 1. The summed E-state index contributed by atoms with van der Waals surface area (Å²) in [6.45, 7) is 3.19. The average Bonchev–Trinajstić information content (AvgIpc) is 2.21. The van der Waals surface area contributed by atoms with Crippen molar-refractivity contribution in [2.24, 2.45) is 5.73 Å². The lowest BCUT2D eigenvalue weighted by Gasteiger charge is -1.89. The number of carbonyl (C=O) groups excluding carboxylic acids is 1. The predicted octanol–water partition coefficient (Wildman–Crippen LogP) is 0.720.